The van der Waals surface area contributed by atoms with E-state index in [1.165, 1.54) is 27.8 Å². The van der Waals surface area contributed by atoms with E-state index in [9.17, 15) is 4.79 Å². The van der Waals surface area contributed by atoms with Gasteiger partial charge in [0.05, 0.1) is 0 Å². The van der Waals surface area contributed by atoms with Gasteiger partial charge in [0.2, 0.25) is 0 Å². The molecule has 1 saturated heterocycles. The fourth-order valence-electron chi connectivity index (χ4n) is 5.38. The fourth-order valence-corrected chi connectivity index (χ4v) is 5.38. The van der Waals surface area contributed by atoms with Crippen molar-refractivity contribution in [2.45, 2.75) is 78.1 Å². The lowest BCUT2D eigenvalue weighted by Gasteiger charge is -2.30. The fraction of sp³-hybridized carbons (Fsp3) is 0.417. The number of Topliss-reactive ketones (excluding diaryl/α,β-unsaturated/α-hetero) is 1. The molecule has 0 unspecified atom stereocenters. The molecule has 1 aliphatic rings. The Hall–Kier alpha value is -2.97. The van der Waals surface area contributed by atoms with Crippen molar-refractivity contribution in [3.05, 3.63) is 112 Å². The Morgan fingerprint density at radius 1 is 0.658 bits per heavy atom. The van der Waals surface area contributed by atoms with E-state index in [4.69, 9.17) is 0 Å². The van der Waals surface area contributed by atoms with E-state index in [1.54, 1.807) is 5.57 Å². The average molecular weight is 508 g/mol. The smallest absolute Gasteiger partial charge is 0.162 e. The van der Waals surface area contributed by atoms with Crippen molar-refractivity contribution in [1.29, 1.82) is 0 Å². The molecule has 200 valence electrons. The molecule has 2 heteroatoms. The number of carbonyl (C=O) groups is 1. The van der Waals surface area contributed by atoms with Crippen LogP contribution in [0.2, 0.25) is 0 Å². The average Bonchev–Trinajstić information content (AvgIpc) is 2.90. The van der Waals surface area contributed by atoms with Crippen LogP contribution in [0.4, 0.5) is 0 Å². The van der Waals surface area contributed by atoms with Crippen LogP contribution in [0.1, 0.15) is 99.8 Å². The molecule has 4 rings (SSSR count). The number of nitrogens with zero attached hydrogens (tertiary/aromatic N) is 1. The van der Waals surface area contributed by atoms with Gasteiger partial charge < -0.3 is 4.90 Å². The maximum atomic E-state index is 12.8. The van der Waals surface area contributed by atoms with Crippen LogP contribution in [-0.4, -0.2) is 30.3 Å². The maximum absolute atomic E-state index is 12.8. The number of likely N-dealkylation sites (tertiary alicyclic amines) is 1. The monoisotopic (exact) mass is 507 g/mol. The van der Waals surface area contributed by atoms with E-state index >= 15 is 0 Å². The molecule has 3 aromatic carbocycles. The van der Waals surface area contributed by atoms with Crippen LogP contribution in [0.5, 0.6) is 0 Å². The summed E-state index contributed by atoms with van der Waals surface area (Å²) in [6.45, 7) is 16.5. The molecule has 0 atom stereocenters. The molecule has 0 aliphatic carbocycles. The third-order valence-electron chi connectivity index (χ3n) is 7.87. The van der Waals surface area contributed by atoms with Gasteiger partial charge in [0, 0.05) is 25.1 Å². The van der Waals surface area contributed by atoms with E-state index in [-0.39, 0.29) is 16.6 Å². The second-order valence-corrected chi connectivity index (χ2v) is 12.9. The van der Waals surface area contributed by atoms with E-state index in [2.05, 4.69) is 113 Å². The Labute approximate surface area is 230 Å². The van der Waals surface area contributed by atoms with Crippen molar-refractivity contribution in [3.63, 3.8) is 0 Å². The number of benzene rings is 3. The third-order valence-corrected chi connectivity index (χ3v) is 7.87. The summed E-state index contributed by atoms with van der Waals surface area (Å²) in [5.74, 6) is 0.258. The Bertz CT molecular complexity index is 1230. The molecule has 0 N–H and O–H groups in total. The minimum absolute atomic E-state index is 0.111. The summed E-state index contributed by atoms with van der Waals surface area (Å²) >= 11 is 0. The number of hydrogen-bond acceptors (Lipinski definition) is 2. The summed E-state index contributed by atoms with van der Waals surface area (Å²) in [4.78, 5) is 15.3. The number of carbonyl (C=O) groups excluding carboxylic acids is 1. The SMILES string of the molecule is CC(C)(C)c1ccc(C(=O)CCCN2CCC(=C(c3ccccc3)c3ccc(C(C)(C)C)cc3)CC2)cc1. The summed E-state index contributed by atoms with van der Waals surface area (Å²) in [7, 11) is 0. The minimum atomic E-state index is 0.111. The largest absolute Gasteiger partial charge is 0.303 e. The van der Waals surface area contributed by atoms with Crippen LogP contribution in [-0.2, 0) is 10.8 Å². The van der Waals surface area contributed by atoms with Crippen molar-refractivity contribution in [2.24, 2.45) is 0 Å². The van der Waals surface area contributed by atoms with Gasteiger partial charge in [-0.3, -0.25) is 4.79 Å². The number of rotatable bonds is 7. The Kier molecular flexibility index (Phi) is 8.73. The van der Waals surface area contributed by atoms with Crippen molar-refractivity contribution < 1.29 is 4.79 Å². The van der Waals surface area contributed by atoms with Crippen molar-refractivity contribution >= 4 is 11.4 Å². The lowest BCUT2D eigenvalue weighted by Crippen LogP contribution is -2.32. The van der Waals surface area contributed by atoms with E-state index < -0.39 is 0 Å². The molecule has 0 radical (unpaired) electrons. The second kappa shape index (κ2) is 11.8. The van der Waals surface area contributed by atoms with E-state index in [0.717, 1.165) is 44.5 Å². The van der Waals surface area contributed by atoms with Crippen LogP contribution in [0.25, 0.3) is 5.57 Å². The lowest BCUT2D eigenvalue weighted by molar-refractivity contribution is 0.0974. The molecule has 1 aliphatic heterocycles. The first-order valence-corrected chi connectivity index (χ1v) is 14.3. The van der Waals surface area contributed by atoms with E-state index in [1.807, 2.05) is 12.1 Å². The van der Waals surface area contributed by atoms with Gasteiger partial charge in [0.1, 0.15) is 0 Å². The van der Waals surface area contributed by atoms with Crippen LogP contribution < -0.4 is 0 Å². The standard InChI is InChI=1S/C36H45NO/c1-35(2,3)31-18-14-27(15-19-31)33(38)13-10-24-37-25-22-30(23-26-37)34(28-11-8-7-9-12-28)29-16-20-32(21-17-29)36(4,5)6/h7-9,11-12,14-21H,10,13,22-26H2,1-6H3. The molecule has 38 heavy (non-hydrogen) atoms. The predicted molar refractivity (Wildman–Crippen MR) is 162 cm³/mol. The molecular formula is C36H45NO. The zero-order valence-corrected chi connectivity index (χ0v) is 24.3. The molecular weight excluding hydrogens is 462 g/mol. The van der Waals surface area contributed by atoms with Crippen molar-refractivity contribution in [2.75, 3.05) is 19.6 Å². The highest BCUT2D eigenvalue weighted by molar-refractivity contribution is 5.96. The van der Waals surface area contributed by atoms with Crippen molar-refractivity contribution in [1.82, 2.24) is 4.90 Å². The predicted octanol–water partition coefficient (Wildman–Crippen LogP) is 8.84. The molecule has 1 fully saturated rings. The van der Waals surface area contributed by atoms with Crippen LogP contribution in [0, 0.1) is 0 Å². The van der Waals surface area contributed by atoms with Gasteiger partial charge in [-0.1, -0.05) is 126 Å². The van der Waals surface area contributed by atoms with Gasteiger partial charge in [0.25, 0.3) is 0 Å². The van der Waals surface area contributed by atoms with Crippen LogP contribution in [0.3, 0.4) is 0 Å². The molecule has 0 bridgehead atoms. The first-order chi connectivity index (χ1) is 18.0. The van der Waals surface area contributed by atoms with Gasteiger partial charge in [-0.05, 0) is 64.5 Å². The highest BCUT2D eigenvalue weighted by Gasteiger charge is 2.20. The zero-order chi connectivity index (χ0) is 27.3. The quantitative estimate of drug-likeness (QED) is 0.298. The Morgan fingerprint density at radius 3 is 1.63 bits per heavy atom. The maximum Gasteiger partial charge on any atom is 0.162 e. The first-order valence-electron chi connectivity index (χ1n) is 14.3. The zero-order valence-electron chi connectivity index (χ0n) is 24.3. The van der Waals surface area contributed by atoms with Gasteiger partial charge in [-0.15, -0.1) is 0 Å². The summed E-state index contributed by atoms with van der Waals surface area (Å²) in [5.41, 5.74) is 9.32. The topological polar surface area (TPSA) is 20.3 Å². The molecule has 1 heterocycles. The van der Waals surface area contributed by atoms with E-state index in [0.29, 0.717) is 6.42 Å². The number of hydrogen-bond donors (Lipinski definition) is 0. The molecule has 3 aromatic rings. The Balaban J connectivity index is 1.38. The van der Waals surface area contributed by atoms with Gasteiger partial charge >= 0.3 is 0 Å². The van der Waals surface area contributed by atoms with Crippen LogP contribution in [0.15, 0.2) is 84.4 Å². The number of piperidine rings is 1. The minimum Gasteiger partial charge on any atom is -0.303 e. The van der Waals surface area contributed by atoms with Gasteiger partial charge in [0.15, 0.2) is 5.78 Å². The third kappa shape index (κ3) is 7.11. The summed E-state index contributed by atoms with van der Waals surface area (Å²) in [6, 6.07) is 28.3. The number of ketones is 1. The molecule has 2 nitrogen and oxygen atoms in total. The van der Waals surface area contributed by atoms with Crippen LogP contribution >= 0.6 is 0 Å². The summed E-state index contributed by atoms with van der Waals surface area (Å²) < 4.78 is 0. The second-order valence-electron chi connectivity index (χ2n) is 12.9. The van der Waals surface area contributed by atoms with Gasteiger partial charge in [-0.25, -0.2) is 0 Å². The highest BCUT2D eigenvalue weighted by atomic mass is 16.1. The summed E-state index contributed by atoms with van der Waals surface area (Å²) in [5, 5.41) is 0. The first kappa shape index (κ1) is 28.0. The highest BCUT2D eigenvalue weighted by Crippen LogP contribution is 2.34. The normalized spacial score (nSPS) is 14.9. The molecule has 0 amide bonds. The van der Waals surface area contributed by atoms with Crippen molar-refractivity contribution in [3.8, 4) is 0 Å². The van der Waals surface area contributed by atoms with Gasteiger partial charge in [-0.2, -0.15) is 0 Å². The molecule has 0 aromatic heterocycles. The Morgan fingerprint density at radius 2 is 1.13 bits per heavy atom. The lowest BCUT2D eigenvalue weighted by atomic mass is 9.84. The molecule has 0 spiro atoms. The molecule has 0 saturated carbocycles. The summed E-state index contributed by atoms with van der Waals surface area (Å²) in [6.07, 6.45) is 3.68.